The van der Waals surface area contributed by atoms with Gasteiger partial charge in [-0.3, -0.25) is 0 Å². The summed E-state index contributed by atoms with van der Waals surface area (Å²) in [5, 5.41) is 9.07. The minimum atomic E-state index is -0.649. The molecule has 2 rings (SSSR count). The van der Waals surface area contributed by atoms with Gasteiger partial charge in [-0.1, -0.05) is 19.8 Å². The van der Waals surface area contributed by atoms with Gasteiger partial charge in [-0.2, -0.15) is 0 Å². The van der Waals surface area contributed by atoms with E-state index in [1.165, 1.54) is 25.7 Å². The highest BCUT2D eigenvalue weighted by Crippen LogP contribution is 2.42. The predicted molar refractivity (Wildman–Crippen MR) is 63.9 cm³/mol. The lowest BCUT2D eigenvalue weighted by Crippen LogP contribution is -2.34. The van der Waals surface area contributed by atoms with Crippen LogP contribution in [0.25, 0.3) is 0 Å². The van der Waals surface area contributed by atoms with E-state index in [4.69, 9.17) is 5.11 Å². The summed E-state index contributed by atoms with van der Waals surface area (Å²) in [5.74, 6) is 2.01. The van der Waals surface area contributed by atoms with E-state index in [-0.39, 0.29) is 12.5 Å². The first kappa shape index (κ1) is 12.3. The molecule has 0 aliphatic heterocycles. The lowest BCUT2D eigenvalue weighted by molar-refractivity contribution is 0.0431. The van der Waals surface area contributed by atoms with Crippen LogP contribution in [0.5, 0.6) is 0 Å². The third-order valence-corrected chi connectivity index (χ3v) is 4.86. The van der Waals surface area contributed by atoms with Crippen LogP contribution in [0, 0.1) is 23.7 Å². The molecule has 2 aliphatic rings. The van der Waals surface area contributed by atoms with Gasteiger partial charge >= 0.3 is 0 Å². The molecule has 3 atom stereocenters. The van der Waals surface area contributed by atoms with Crippen LogP contribution in [0.1, 0.15) is 51.9 Å². The second-order valence-electron chi connectivity index (χ2n) is 6.06. The van der Waals surface area contributed by atoms with Gasteiger partial charge in [0.2, 0.25) is 0 Å². The third kappa shape index (κ3) is 2.77. The van der Waals surface area contributed by atoms with Gasteiger partial charge in [-0.05, 0) is 55.8 Å². The molecule has 0 radical (unpaired) electrons. The second-order valence-corrected chi connectivity index (χ2v) is 6.06. The molecule has 0 bridgehead atoms. The summed E-state index contributed by atoms with van der Waals surface area (Å²) in [6.45, 7) is 2.49. The van der Waals surface area contributed by atoms with Crippen LogP contribution in [0.4, 0.5) is 4.39 Å². The maximum atomic E-state index is 14.1. The average molecular weight is 228 g/mol. The van der Waals surface area contributed by atoms with Gasteiger partial charge < -0.3 is 5.11 Å². The fourth-order valence-corrected chi connectivity index (χ4v) is 3.63. The van der Waals surface area contributed by atoms with Crippen molar-refractivity contribution < 1.29 is 9.50 Å². The van der Waals surface area contributed by atoms with Crippen LogP contribution in [0.15, 0.2) is 0 Å². The number of alkyl halides is 1. The largest absolute Gasteiger partial charge is 0.396 e. The summed E-state index contributed by atoms with van der Waals surface area (Å²) >= 11 is 0. The number of aliphatic hydroxyl groups is 1. The lowest BCUT2D eigenvalue weighted by Gasteiger charge is -2.39. The summed E-state index contributed by atoms with van der Waals surface area (Å²) in [5.41, 5.74) is 0. The van der Waals surface area contributed by atoms with Crippen molar-refractivity contribution in [1.82, 2.24) is 0 Å². The monoisotopic (exact) mass is 228 g/mol. The maximum Gasteiger partial charge on any atom is 0.104 e. The summed E-state index contributed by atoms with van der Waals surface area (Å²) in [4.78, 5) is 0. The number of halogens is 1. The Balaban J connectivity index is 1.85. The first-order valence-electron chi connectivity index (χ1n) is 6.95. The number of hydrogen-bond donors (Lipinski definition) is 1. The Bertz CT molecular complexity index is 211. The maximum absolute atomic E-state index is 14.1. The third-order valence-electron chi connectivity index (χ3n) is 4.86. The van der Waals surface area contributed by atoms with E-state index in [1.807, 2.05) is 0 Å². The first-order chi connectivity index (χ1) is 7.70. The Kier molecular flexibility index (Phi) is 4.23. The standard InChI is InChI=1S/C14H25FO/c1-10-2-5-12(6-3-10)13-7-4-11(9-16)8-14(13)15/h10-14,16H,2-9H2,1H3. The minimum Gasteiger partial charge on any atom is -0.396 e. The van der Waals surface area contributed by atoms with E-state index in [1.54, 1.807) is 0 Å². The molecule has 0 spiro atoms. The SMILES string of the molecule is CC1CCC(C2CCC(CO)CC2F)CC1. The average Bonchev–Trinajstić information content (AvgIpc) is 2.30. The van der Waals surface area contributed by atoms with Crippen LogP contribution in [-0.4, -0.2) is 17.9 Å². The molecule has 2 saturated carbocycles. The van der Waals surface area contributed by atoms with E-state index >= 15 is 0 Å². The van der Waals surface area contributed by atoms with Gasteiger partial charge in [0, 0.05) is 6.61 Å². The molecule has 0 saturated heterocycles. The Morgan fingerprint density at radius 3 is 2.31 bits per heavy atom. The van der Waals surface area contributed by atoms with E-state index < -0.39 is 6.17 Å². The van der Waals surface area contributed by atoms with E-state index in [0.717, 1.165) is 18.8 Å². The van der Waals surface area contributed by atoms with Crippen molar-refractivity contribution in [2.24, 2.45) is 23.7 Å². The van der Waals surface area contributed by atoms with Crippen molar-refractivity contribution in [1.29, 1.82) is 0 Å². The van der Waals surface area contributed by atoms with Gasteiger partial charge in [-0.25, -0.2) is 4.39 Å². The van der Waals surface area contributed by atoms with Crippen LogP contribution in [-0.2, 0) is 0 Å². The van der Waals surface area contributed by atoms with E-state index in [9.17, 15) is 4.39 Å². The molecule has 1 nitrogen and oxygen atoms in total. The molecule has 16 heavy (non-hydrogen) atoms. The highest BCUT2D eigenvalue weighted by atomic mass is 19.1. The molecular weight excluding hydrogens is 203 g/mol. The fourth-order valence-electron chi connectivity index (χ4n) is 3.63. The van der Waals surface area contributed by atoms with E-state index in [2.05, 4.69) is 6.92 Å². The molecule has 0 aromatic rings. The first-order valence-corrected chi connectivity index (χ1v) is 6.95. The summed E-state index contributed by atoms with van der Waals surface area (Å²) in [7, 11) is 0. The van der Waals surface area contributed by atoms with Crippen molar-refractivity contribution in [3.05, 3.63) is 0 Å². The van der Waals surface area contributed by atoms with Crippen LogP contribution < -0.4 is 0 Å². The Labute approximate surface area is 98.4 Å². The van der Waals surface area contributed by atoms with Gasteiger partial charge in [0.1, 0.15) is 6.17 Å². The summed E-state index contributed by atoms with van der Waals surface area (Å²) in [6, 6.07) is 0. The molecule has 1 N–H and O–H groups in total. The molecule has 0 aromatic carbocycles. The Morgan fingerprint density at radius 2 is 1.75 bits per heavy atom. The molecule has 0 aromatic heterocycles. The van der Waals surface area contributed by atoms with Crippen LogP contribution >= 0.6 is 0 Å². The van der Waals surface area contributed by atoms with Crippen molar-refractivity contribution in [2.45, 2.75) is 58.0 Å². The number of hydrogen-bond acceptors (Lipinski definition) is 1. The second kappa shape index (κ2) is 5.48. The molecule has 94 valence electrons. The van der Waals surface area contributed by atoms with Gasteiger partial charge in [0.25, 0.3) is 0 Å². The quantitative estimate of drug-likeness (QED) is 0.766. The van der Waals surface area contributed by atoms with Crippen LogP contribution in [0.2, 0.25) is 0 Å². The smallest absolute Gasteiger partial charge is 0.104 e. The van der Waals surface area contributed by atoms with Crippen molar-refractivity contribution in [3.8, 4) is 0 Å². The summed E-state index contributed by atoms with van der Waals surface area (Å²) < 4.78 is 14.1. The van der Waals surface area contributed by atoms with Crippen molar-refractivity contribution in [3.63, 3.8) is 0 Å². The van der Waals surface area contributed by atoms with Crippen LogP contribution in [0.3, 0.4) is 0 Å². The molecule has 0 heterocycles. The number of rotatable bonds is 2. The van der Waals surface area contributed by atoms with Crippen molar-refractivity contribution >= 4 is 0 Å². The lowest BCUT2D eigenvalue weighted by atomic mass is 9.69. The molecule has 2 fully saturated rings. The normalized spacial score (nSPS) is 45.6. The highest BCUT2D eigenvalue weighted by Gasteiger charge is 2.36. The van der Waals surface area contributed by atoms with Crippen molar-refractivity contribution in [2.75, 3.05) is 6.61 Å². The highest BCUT2D eigenvalue weighted by molar-refractivity contribution is 4.86. The molecule has 2 aliphatic carbocycles. The Hall–Kier alpha value is -0.110. The Morgan fingerprint density at radius 1 is 1.06 bits per heavy atom. The number of aliphatic hydroxyl groups excluding tert-OH is 1. The van der Waals surface area contributed by atoms with E-state index in [0.29, 0.717) is 18.3 Å². The molecule has 0 amide bonds. The predicted octanol–water partition coefficient (Wildman–Crippen LogP) is 3.56. The minimum absolute atomic E-state index is 0.175. The zero-order valence-electron chi connectivity index (χ0n) is 10.4. The zero-order valence-corrected chi connectivity index (χ0v) is 10.4. The molecule has 2 heteroatoms. The molecular formula is C14H25FO. The fraction of sp³-hybridized carbons (Fsp3) is 1.00. The summed E-state index contributed by atoms with van der Waals surface area (Å²) in [6.07, 6.45) is 7.04. The van der Waals surface area contributed by atoms with Gasteiger partial charge in [0.05, 0.1) is 0 Å². The molecule has 3 unspecified atom stereocenters. The topological polar surface area (TPSA) is 20.2 Å². The van der Waals surface area contributed by atoms with Gasteiger partial charge in [-0.15, -0.1) is 0 Å². The van der Waals surface area contributed by atoms with Gasteiger partial charge in [0.15, 0.2) is 0 Å². The zero-order chi connectivity index (χ0) is 11.5.